The highest BCUT2D eigenvalue weighted by molar-refractivity contribution is 5.21. The van der Waals surface area contributed by atoms with Gasteiger partial charge in [0.05, 0.1) is 6.04 Å². The molecule has 2 N–H and O–H groups in total. The first-order valence-corrected chi connectivity index (χ1v) is 7.24. The summed E-state index contributed by atoms with van der Waals surface area (Å²) < 4.78 is 18.3. The van der Waals surface area contributed by atoms with Crippen LogP contribution in [0.1, 0.15) is 37.8 Å². The summed E-state index contributed by atoms with van der Waals surface area (Å²) in [6, 6.07) is 6.92. The van der Waals surface area contributed by atoms with Gasteiger partial charge >= 0.3 is 6.01 Å². The number of anilines is 1. The maximum Gasteiger partial charge on any atom is 0.315 e. The van der Waals surface area contributed by atoms with Crippen LogP contribution >= 0.6 is 0 Å². The highest BCUT2D eigenvalue weighted by atomic mass is 19.1. The van der Waals surface area contributed by atoms with Crippen LogP contribution in [0.4, 0.5) is 10.4 Å². The molecule has 6 heteroatoms. The van der Waals surface area contributed by atoms with Gasteiger partial charge in [0.15, 0.2) is 0 Å². The lowest BCUT2D eigenvalue weighted by molar-refractivity contribution is 0.423. The van der Waals surface area contributed by atoms with Gasteiger partial charge in [-0.1, -0.05) is 24.2 Å². The van der Waals surface area contributed by atoms with Crippen molar-refractivity contribution in [2.75, 3.05) is 18.4 Å². The standard InChI is InChI=1S/C15H21FN4O/c1-3-9-17-11(2)14-19-20-15(21-14)18-10-8-12-4-6-13(16)7-5-12/h4-7,11,17H,3,8-10H2,1-2H3,(H,18,20). The molecule has 0 aliphatic carbocycles. The van der Waals surface area contributed by atoms with E-state index in [2.05, 4.69) is 27.8 Å². The molecular formula is C15H21FN4O. The van der Waals surface area contributed by atoms with Crippen molar-refractivity contribution < 1.29 is 8.81 Å². The summed E-state index contributed by atoms with van der Waals surface area (Å²) in [5.74, 6) is 0.356. The second-order valence-electron chi connectivity index (χ2n) is 4.92. The van der Waals surface area contributed by atoms with Crippen molar-refractivity contribution in [3.63, 3.8) is 0 Å². The van der Waals surface area contributed by atoms with E-state index in [4.69, 9.17) is 4.42 Å². The summed E-state index contributed by atoms with van der Waals surface area (Å²) in [6.07, 6.45) is 1.82. The van der Waals surface area contributed by atoms with Crippen LogP contribution in [0.5, 0.6) is 0 Å². The van der Waals surface area contributed by atoms with Gasteiger partial charge < -0.3 is 15.1 Å². The van der Waals surface area contributed by atoms with Gasteiger partial charge in [-0.15, -0.1) is 5.10 Å². The summed E-state index contributed by atoms with van der Waals surface area (Å²) in [5, 5.41) is 14.3. The van der Waals surface area contributed by atoms with Gasteiger partial charge in [-0.05, 0) is 44.0 Å². The Kier molecular flexibility index (Phi) is 5.68. The summed E-state index contributed by atoms with van der Waals surface area (Å²) in [5.41, 5.74) is 1.06. The molecule has 0 aliphatic rings. The molecule has 2 rings (SSSR count). The third kappa shape index (κ3) is 4.82. The molecule has 1 unspecified atom stereocenters. The molecule has 1 heterocycles. The van der Waals surface area contributed by atoms with E-state index in [0.717, 1.165) is 24.9 Å². The maximum absolute atomic E-state index is 12.8. The number of hydrogen-bond acceptors (Lipinski definition) is 5. The van der Waals surface area contributed by atoms with Crippen molar-refractivity contribution in [1.82, 2.24) is 15.5 Å². The van der Waals surface area contributed by atoms with Crippen molar-refractivity contribution in [1.29, 1.82) is 0 Å². The summed E-state index contributed by atoms with van der Waals surface area (Å²) in [4.78, 5) is 0. The molecule has 1 aromatic carbocycles. The molecule has 0 aliphatic heterocycles. The quantitative estimate of drug-likeness (QED) is 0.783. The minimum atomic E-state index is -0.221. The fraction of sp³-hybridized carbons (Fsp3) is 0.467. The molecule has 0 fully saturated rings. The Bertz CT molecular complexity index is 541. The third-order valence-corrected chi connectivity index (χ3v) is 3.11. The first-order chi connectivity index (χ1) is 10.2. The molecule has 0 saturated carbocycles. The summed E-state index contributed by atoms with van der Waals surface area (Å²) >= 11 is 0. The van der Waals surface area contributed by atoms with Crippen molar-refractivity contribution in [3.8, 4) is 0 Å². The number of hydrogen-bond donors (Lipinski definition) is 2. The average molecular weight is 292 g/mol. The van der Waals surface area contributed by atoms with Crippen LogP contribution in [-0.4, -0.2) is 23.3 Å². The van der Waals surface area contributed by atoms with E-state index in [-0.39, 0.29) is 11.9 Å². The van der Waals surface area contributed by atoms with Gasteiger partial charge in [-0.25, -0.2) is 4.39 Å². The minimum absolute atomic E-state index is 0.0464. The number of nitrogens with zero attached hydrogens (tertiary/aromatic N) is 2. The predicted octanol–water partition coefficient (Wildman–Crippen LogP) is 2.92. The second kappa shape index (κ2) is 7.73. The van der Waals surface area contributed by atoms with Crippen LogP contribution in [0.25, 0.3) is 0 Å². The molecule has 5 nitrogen and oxygen atoms in total. The molecule has 0 radical (unpaired) electrons. The van der Waals surface area contributed by atoms with Crippen LogP contribution in [0.2, 0.25) is 0 Å². The van der Waals surface area contributed by atoms with Crippen molar-refractivity contribution >= 4 is 6.01 Å². The number of halogens is 1. The number of rotatable bonds is 8. The van der Waals surface area contributed by atoms with E-state index in [9.17, 15) is 4.39 Å². The SMILES string of the molecule is CCCNC(C)c1nnc(NCCc2ccc(F)cc2)o1. The Morgan fingerprint density at radius 2 is 1.95 bits per heavy atom. The Morgan fingerprint density at radius 1 is 1.19 bits per heavy atom. The van der Waals surface area contributed by atoms with Gasteiger partial charge in [0, 0.05) is 6.54 Å². The van der Waals surface area contributed by atoms with E-state index in [1.807, 2.05) is 6.92 Å². The Balaban J connectivity index is 1.78. The highest BCUT2D eigenvalue weighted by Crippen LogP contribution is 2.13. The van der Waals surface area contributed by atoms with Crippen molar-refractivity contribution in [3.05, 3.63) is 41.5 Å². The van der Waals surface area contributed by atoms with Crippen LogP contribution in [0.3, 0.4) is 0 Å². The molecule has 0 saturated heterocycles. The lowest BCUT2D eigenvalue weighted by Gasteiger charge is -2.07. The Hall–Kier alpha value is -1.95. The smallest absolute Gasteiger partial charge is 0.315 e. The second-order valence-corrected chi connectivity index (χ2v) is 4.92. The van der Waals surface area contributed by atoms with Gasteiger partial charge in [0.1, 0.15) is 5.82 Å². The maximum atomic E-state index is 12.8. The molecule has 0 bridgehead atoms. The van der Waals surface area contributed by atoms with Crippen molar-refractivity contribution in [2.45, 2.75) is 32.7 Å². The minimum Gasteiger partial charge on any atom is -0.406 e. The van der Waals surface area contributed by atoms with Gasteiger partial charge in [-0.3, -0.25) is 0 Å². The Labute approximate surface area is 124 Å². The normalized spacial score (nSPS) is 12.3. The topological polar surface area (TPSA) is 63.0 Å². The van der Waals surface area contributed by atoms with E-state index in [0.29, 0.717) is 18.5 Å². The molecule has 1 atom stereocenters. The molecule has 1 aromatic heterocycles. The lowest BCUT2D eigenvalue weighted by atomic mass is 10.1. The number of aromatic nitrogens is 2. The molecule has 0 amide bonds. The van der Waals surface area contributed by atoms with Crippen LogP contribution < -0.4 is 10.6 Å². The van der Waals surface area contributed by atoms with Gasteiger partial charge in [-0.2, -0.15) is 0 Å². The van der Waals surface area contributed by atoms with Gasteiger partial charge in [0.25, 0.3) is 0 Å². The monoisotopic (exact) mass is 292 g/mol. The van der Waals surface area contributed by atoms with Crippen LogP contribution in [0.15, 0.2) is 28.7 Å². The highest BCUT2D eigenvalue weighted by Gasteiger charge is 2.12. The zero-order valence-corrected chi connectivity index (χ0v) is 12.4. The fourth-order valence-corrected chi connectivity index (χ4v) is 1.89. The zero-order chi connectivity index (χ0) is 15.1. The van der Waals surface area contributed by atoms with Crippen LogP contribution in [-0.2, 0) is 6.42 Å². The summed E-state index contributed by atoms with van der Waals surface area (Å²) in [7, 11) is 0. The molecule has 21 heavy (non-hydrogen) atoms. The number of nitrogens with one attached hydrogen (secondary N) is 2. The number of benzene rings is 1. The molecular weight excluding hydrogens is 271 g/mol. The Morgan fingerprint density at radius 3 is 2.67 bits per heavy atom. The summed E-state index contributed by atoms with van der Waals surface area (Å²) in [6.45, 7) is 5.67. The van der Waals surface area contributed by atoms with E-state index < -0.39 is 0 Å². The first kappa shape index (κ1) is 15.4. The third-order valence-electron chi connectivity index (χ3n) is 3.11. The van der Waals surface area contributed by atoms with E-state index in [1.165, 1.54) is 12.1 Å². The predicted molar refractivity (Wildman–Crippen MR) is 79.6 cm³/mol. The largest absolute Gasteiger partial charge is 0.406 e. The van der Waals surface area contributed by atoms with E-state index in [1.54, 1.807) is 12.1 Å². The molecule has 2 aromatic rings. The van der Waals surface area contributed by atoms with Gasteiger partial charge in [0.2, 0.25) is 5.89 Å². The lowest BCUT2D eigenvalue weighted by Crippen LogP contribution is -2.19. The zero-order valence-electron chi connectivity index (χ0n) is 12.4. The fourth-order valence-electron chi connectivity index (χ4n) is 1.89. The average Bonchev–Trinajstić information content (AvgIpc) is 2.96. The first-order valence-electron chi connectivity index (χ1n) is 7.24. The molecule has 0 spiro atoms. The van der Waals surface area contributed by atoms with Crippen molar-refractivity contribution in [2.24, 2.45) is 0 Å². The van der Waals surface area contributed by atoms with Crippen LogP contribution in [0, 0.1) is 5.82 Å². The van der Waals surface area contributed by atoms with E-state index >= 15 is 0 Å². The molecule has 114 valence electrons.